The largest absolute Gasteiger partial charge is 0.366 e. The molecule has 3 rings (SSSR count). The summed E-state index contributed by atoms with van der Waals surface area (Å²) in [5, 5.41) is 9.25. The summed E-state index contributed by atoms with van der Waals surface area (Å²) in [6, 6.07) is 19.5. The zero-order valence-electron chi connectivity index (χ0n) is 14.8. The Kier molecular flexibility index (Phi) is 5.43. The Hall–Kier alpha value is -3.41. The van der Waals surface area contributed by atoms with Crippen LogP contribution < -0.4 is 16.0 Å². The fourth-order valence-corrected chi connectivity index (χ4v) is 2.47. The molecule has 0 radical (unpaired) electrons. The fraction of sp³-hybridized carbons (Fsp3) is 0.150. The summed E-state index contributed by atoms with van der Waals surface area (Å²) in [6.07, 6.45) is 0. The van der Waals surface area contributed by atoms with Crippen molar-refractivity contribution in [3.05, 3.63) is 71.9 Å². The normalized spacial score (nSPS) is 10.2. The van der Waals surface area contributed by atoms with Crippen LogP contribution in [0.3, 0.4) is 0 Å². The maximum atomic E-state index is 11.1. The molecule has 1 aromatic heterocycles. The van der Waals surface area contributed by atoms with Gasteiger partial charge < -0.3 is 16.0 Å². The minimum Gasteiger partial charge on any atom is -0.366 e. The molecule has 0 bridgehead atoms. The first-order chi connectivity index (χ1) is 12.6. The van der Waals surface area contributed by atoms with Crippen LogP contribution in [0.5, 0.6) is 0 Å². The van der Waals surface area contributed by atoms with Crippen molar-refractivity contribution < 1.29 is 4.79 Å². The van der Waals surface area contributed by atoms with Crippen LogP contribution in [0, 0.1) is 6.92 Å². The number of benzene rings is 2. The third kappa shape index (κ3) is 5.04. The van der Waals surface area contributed by atoms with E-state index in [-0.39, 0.29) is 5.91 Å². The van der Waals surface area contributed by atoms with Gasteiger partial charge in [-0.25, -0.2) is 4.98 Å². The second-order valence-electron chi connectivity index (χ2n) is 5.94. The van der Waals surface area contributed by atoms with E-state index in [1.807, 2.05) is 55.5 Å². The number of anilines is 4. The molecule has 0 saturated heterocycles. The van der Waals surface area contributed by atoms with Gasteiger partial charge in [0.2, 0.25) is 11.9 Å². The molecule has 0 aliphatic rings. The van der Waals surface area contributed by atoms with Gasteiger partial charge in [0.1, 0.15) is 5.82 Å². The summed E-state index contributed by atoms with van der Waals surface area (Å²) in [5.41, 5.74) is 3.65. The first-order valence-corrected chi connectivity index (χ1v) is 8.37. The Balaban J connectivity index is 1.68. The Bertz CT molecular complexity index is 878. The molecular weight excluding hydrogens is 326 g/mol. The third-order valence-electron chi connectivity index (χ3n) is 3.63. The van der Waals surface area contributed by atoms with E-state index in [1.165, 1.54) is 12.5 Å². The summed E-state index contributed by atoms with van der Waals surface area (Å²) in [4.78, 5) is 20.0. The van der Waals surface area contributed by atoms with Crippen LogP contribution in [0.15, 0.2) is 60.7 Å². The zero-order chi connectivity index (χ0) is 18.4. The lowest BCUT2D eigenvalue weighted by Crippen LogP contribution is -2.06. The van der Waals surface area contributed by atoms with Crippen molar-refractivity contribution in [2.24, 2.45) is 0 Å². The lowest BCUT2D eigenvalue weighted by atomic mass is 10.2. The Morgan fingerprint density at radius 3 is 2.35 bits per heavy atom. The number of amides is 1. The smallest absolute Gasteiger partial charge is 0.229 e. The molecule has 132 valence electrons. The molecule has 26 heavy (non-hydrogen) atoms. The predicted molar refractivity (Wildman–Crippen MR) is 105 cm³/mol. The maximum absolute atomic E-state index is 11.1. The molecule has 1 heterocycles. The quantitative estimate of drug-likeness (QED) is 0.626. The van der Waals surface area contributed by atoms with E-state index in [0.29, 0.717) is 12.5 Å². The SMILES string of the molecule is CC(=O)Nc1ccc(Nc2nc(C)cc(NCc3ccccc3)n2)cc1. The molecule has 0 aliphatic heterocycles. The van der Waals surface area contributed by atoms with E-state index < -0.39 is 0 Å². The number of nitrogens with zero attached hydrogens (tertiary/aromatic N) is 2. The molecule has 0 unspecified atom stereocenters. The molecule has 0 atom stereocenters. The molecule has 2 aromatic carbocycles. The minimum atomic E-state index is -0.0955. The Morgan fingerprint density at radius 2 is 1.65 bits per heavy atom. The topological polar surface area (TPSA) is 78.9 Å². The average molecular weight is 347 g/mol. The highest BCUT2D eigenvalue weighted by Crippen LogP contribution is 2.18. The van der Waals surface area contributed by atoms with E-state index in [1.54, 1.807) is 0 Å². The van der Waals surface area contributed by atoms with Crippen molar-refractivity contribution in [1.82, 2.24) is 9.97 Å². The van der Waals surface area contributed by atoms with Gasteiger partial charge in [-0.05, 0) is 36.8 Å². The second kappa shape index (κ2) is 8.11. The van der Waals surface area contributed by atoms with Crippen LogP contribution in [0.1, 0.15) is 18.2 Å². The standard InChI is InChI=1S/C20H21N5O/c1-14-12-19(21-13-16-6-4-3-5-7-16)25-20(22-14)24-18-10-8-17(9-11-18)23-15(2)26/h3-12H,13H2,1-2H3,(H,23,26)(H2,21,22,24,25). The highest BCUT2D eigenvalue weighted by atomic mass is 16.1. The summed E-state index contributed by atoms with van der Waals surface area (Å²) in [6.45, 7) is 4.11. The number of hydrogen-bond acceptors (Lipinski definition) is 5. The van der Waals surface area contributed by atoms with Crippen molar-refractivity contribution in [3.63, 3.8) is 0 Å². The van der Waals surface area contributed by atoms with Crippen molar-refractivity contribution in [2.75, 3.05) is 16.0 Å². The van der Waals surface area contributed by atoms with Gasteiger partial charge in [0.25, 0.3) is 0 Å². The van der Waals surface area contributed by atoms with Gasteiger partial charge in [0, 0.05) is 36.6 Å². The van der Waals surface area contributed by atoms with Gasteiger partial charge in [-0.15, -0.1) is 0 Å². The zero-order valence-corrected chi connectivity index (χ0v) is 14.8. The summed E-state index contributed by atoms with van der Waals surface area (Å²) in [7, 11) is 0. The van der Waals surface area contributed by atoms with Gasteiger partial charge in [0.15, 0.2) is 0 Å². The molecular formula is C20H21N5O. The number of carbonyl (C=O) groups excluding carboxylic acids is 1. The van der Waals surface area contributed by atoms with E-state index in [0.717, 1.165) is 22.9 Å². The maximum Gasteiger partial charge on any atom is 0.229 e. The lowest BCUT2D eigenvalue weighted by molar-refractivity contribution is -0.114. The second-order valence-corrected chi connectivity index (χ2v) is 5.94. The number of hydrogen-bond donors (Lipinski definition) is 3. The van der Waals surface area contributed by atoms with Gasteiger partial charge in [0.05, 0.1) is 0 Å². The number of carbonyl (C=O) groups is 1. The van der Waals surface area contributed by atoms with Crippen molar-refractivity contribution >= 4 is 29.0 Å². The van der Waals surface area contributed by atoms with Crippen molar-refractivity contribution in [2.45, 2.75) is 20.4 Å². The van der Waals surface area contributed by atoms with Gasteiger partial charge in [-0.3, -0.25) is 4.79 Å². The monoisotopic (exact) mass is 347 g/mol. The van der Waals surface area contributed by atoms with E-state index in [2.05, 4.69) is 38.1 Å². The van der Waals surface area contributed by atoms with Crippen molar-refractivity contribution in [1.29, 1.82) is 0 Å². The molecule has 0 fully saturated rings. The Morgan fingerprint density at radius 1 is 0.962 bits per heavy atom. The summed E-state index contributed by atoms with van der Waals surface area (Å²) < 4.78 is 0. The van der Waals surface area contributed by atoms with Gasteiger partial charge in [-0.2, -0.15) is 4.98 Å². The van der Waals surface area contributed by atoms with E-state index in [4.69, 9.17) is 0 Å². The van der Waals surface area contributed by atoms with Gasteiger partial charge in [-0.1, -0.05) is 30.3 Å². The average Bonchev–Trinajstić information content (AvgIpc) is 2.62. The van der Waals surface area contributed by atoms with Crippen LogP contribution in [-0.4, -0.2) is 15.9 Å². The molecule has 0 spiro atoms. The van der Waals surface area contributed by atoms with Crippen LogP contribution in [0.2, 0.25) is 0 Å². The first-order valence-electron chi connectivity index (χ1n) is 8.37. The number of rotatable bonds is 6. The van der Waals surface area contributed by atoms with E-state index in [9.17, 15) is 4.79 Å². The minimum absolute atomic E-state index is 0.0955. The first kappa shape index (κ1) is 17.4. The summed E-state index contributed by atoms with van der Waals surface area (Å²) >= 11 is 0. The molecule has 3 N–H and O–H groups in total. The Labute approximate surface area is 152 Å². The number of aromatic nitrogens is 2. The van der Waals surface area contributed by atoms with Gasteiger partial charge >= 0.3 is 0 Å². The van der Waals surface area contributed by atoms with E-state index >= 15 is 0 Å². The lowest BCUT2D eigenvalue weighted by Gasteiger charge is -2.10. The highest BCUT2D eigenvalue weighted by molar-refractivity contribution is 5.88. The predicted octanol–water partition coefficient (Wildman–Crippen LogP) is 4.10. The molecule has 1 amide bonds. The molecule has 6 heteroatoms. The highest BCUT2D eigenvalue weighted by Gasteiger charge is 2.04. The van der Waals surface area contributed by atoms with Crippen LogP contribution in [-0.2, 0) is 11.3 Å². The van der Waals surface area contributed by atoms with Crippen molar-refractivity contribution in [3.8, 4) is 0 Å². The molecule has 0 saturated carbocycles. The molecule has 6 nitrogen and oxygen atoms in total. The fourth-order valence-electron chi connectivity index (χ4n) is 2.47. The van der Waals surface area contributed by atoms with Crippen LogP contribution >= 0.6 is 0 Å². The molecule has 3 aromatic rings. The third-order valence-corrected chi connectivity index (χ3v) is 3.63. The van der Waals surface area contributed by atoms with Crippen LogP contribution in [0.25, 0.3) is 0 Å². The number of nitrogens with one attached hydrogen (secondary N) is 3. The van der Waals surface area contributed by atoms with Crippen LogP contribution in [0.4, 0.5) is 23.1 Å². The summed E-state index contributed by atoms with van der Waals surface area (Å²) in [5.74, 6) is 1.19. The number of aryl methyl sites for hydroxylation is 1. The molecule has 0 aliphatic carbocycles.